The molecule has 1 unspecified atom stereocenters. The Labute approximate surface area is 108 Å². The lowest BCUT2D eigenvalue weighted by Gasteiger charge is -2.13. The van der Waals surface area contributed by atoms with Gasteiger partial charge in [0.1, 0.15) is 5.75 Å². The Morgan fingerprint density at radius 1 is 1.22 bits per heavy atom. The van der Waals surface area contributed by atoms with E-state index >= 15 is 0 Å². The van der Waals surface area contributed by atoms with E-state index in [0.29, 0.717) is 0 Å². The molecule has 1 atom stereocenters. The monoisotopic (exact) mass is 242 g/mol. The molecule has 0 aliphatic heterocycles. The number of hydrogen-bond acceptors (Lipinski definition) is 3. The zero-order chi connectivity index (χ0) is 12.8. The molecule has 0 radical (unpaired) electrons. The van der Waals surface area contributed by atoms with Crippen molar-refractivity contribution in [2.45, 2.75) is 18.9 Å². The second kappa shape index (κ2) is 6.17. The second-order valence-corrected chi connectivity index (χ2v) is 4.28. The SMILES string of the molecule is COc1cccc(C(N)CCc2ccncc2)c1. The van der Waals surface area contributed by atoms with E-state index in [0.717, 1.165) is 24.2 Å². The van der Waals surface area contributed by atoms with Crippen molar-refractivity contribution in [3.63, 3.8) is 0 Å². The maximum Gasteiger partial charge on any atom is 0.119 e. The van der Waals surface area contributed by atoms with Gasteiger partial charge in [-0.15, -0.1) is 0 Å². The molecule has 0 fully saturated rings. The lowest BCUT2D eigenvalue weighted by atomic mass is 10.00. The Bertz CT molecular complexity index is 485. The largest absolute Gasteiger partial charge is 0.497 e. The number of aromatic nitrogens is 1. The van der Waals surface area contributed by atoms with Crippen LogP contribution in [0.4, 0.5) is 0 Å². The van der Waals surface area contributed by atoms with Crippen LogP contribution >= 0.6 is 0 Å². The molecule has 0 aliphatic rings. The molecule has 94 valence electrons. The third kappa shape index (κ3) is 3.31. The highest BCUT2D eigenvalue weighted by Crippen LogP contribution is 2.21. The zero-order valence-electron chi connectivity index (χ0n) is 10.5. The lowest BCUT2D eigenvalue weighted by Crippen LogP contribution is -2.11. The Hall–Kier alpha value is -1.87. The molecule has 1 aromatic heterocycles. The van der Waals surface area contributed by atoms with Crippen LogP contribution < -0.4 is 10.5 Å². The first-order valence-corrected chi connectivity index (χ1v) is 6.08. The average molecular weight is 242 g/mol. The molecule has 1 aromatic carbocycles. The first-order valence-electron chi connectivity index (χ1n) is 6.08. The van der Waals surface area contributed by atoms with E-state index in [9.17, 15) is 0 Å². The van der Waals surface area contributed by atoms with E-state index in [1.165, 1.54) is 5.56 Å². The van der Waals surface area contributed by atoms with Gasteiger partial charge in [-0.1, -0.05) is 12.1 Å². The van der Waals surface area contributed by atoms with Crippen LogP contribution in [0.1, 0.15) is 23.6 Å². The molecule has 2 N–H and O–H groups in total. The Balaban J connectivity index is 1.97. The fourth-order valence-corrected chi connectivity index (χ4v) is 1.91. The molecule has 1 heterocycles. The third-order valence-electron chi connectivity index (χ3n) is 3.02. The normalized spacial score (nSPS) is 12.1. The van der Waals surface area contributed by atoms with Gasteiger partial charge in [0, 0.05) is 18.4 Å². The molecular formula is C15H18N2O. The summed E-state index contributed by atoms with van der Waals surface area (Å²) >= 11 is 0. The summed E-state index contributed by atoms with van der Waals surface area (Å²) in [7, 11) is 1.67. The van der Waals surface area contributed by atoms with Crippen LogP contribution in [0.2, 0.25) is 0 Å². The summed E-state index contributed by atoms with van der Waals surface area (Å²) in [6, 6.07) is 12.0. The predicted molar refractivity (Wildman–Crippen MR) is 72.5 cm³/mol. The molecule has 0 amide bonds. The molecule has 0 aliphatic carbocycles. The minimum Gasteiger partial charge on any atom is -0.497 e. The summed E-state index contributed by atoms with van der Waals surface area (Å²) in [5.74, 6) is 0.854. The molecule has 0 spiro atoms. The zero-order valence-corrected chi connectivity index (χ0v) is 10.5. The van der Waals surface area contributed by atoms with Crippen LogP contribution in [0.3, 0.4) is 0 Å². The Morgan fingerprint density at radius 3 is 2.72 bits per heavy atom. The maximum atomic E-state index is 6.20. The average Bonchev–Trinajstić information content (AvgIpc) is 2.46. The number of hydrogen-bond donors (Lipinski definition) is 1. The summed E-state index contributed by atoms with van der Waals surface area (Å²) < 4.78 is 5.20. The fraction of sp³-hybridized carbons (Fsp3) is 0.267. The summed E-state index contributed by atoms with van der Waals surface area (Å²) in [6.07, 6.45) is 5.50. The molecule has 3 nitrogen and oxygen atoms in total. The van der Waals surface area contributed by atoms with Crippen molar-refractivity contribution in [3.8, 4) is 5.75 Å². The van der Waals surface area contributed by atoms with Gasteiger partial charge in [0.2, 0.25) is 0 Å². The van der Waals surface area contributed by atoms with Gasteiger partial charge >= 0.3 is 0 Å². The number of methoxy groups -OCH3 is 1. The number of rotatable bonds is 5. The predicted octanol–water partition coefficient (Wildman–Crippen LogP) is 2.72. The third-order valence-corrected chi connectivity index (χ3v) is 3.02. The van der Waals surface area contributed by atoms with Gasteiger partial charge in [0.25, 0.3) is 0 Å². The molecule has 0 bridgehead atoms. The lowest BCUT2D eigenvalue weighted by molar-refractivity contribution is 0.413. The summed E-state index contributed by atoms with van der Waals surface area (Å²) in [5, 5.41) is 0. The second-order valence-electron chi connectivity index (χ2n) is 4.28. The molecule has 18 heavy (non-hydrogen) atoms. The van der Waals surface area contributed by atoms with Crippen LogP contribution in [0.15, 0.2) is 48.8 Å². The standard InChI is InChI=1S/C15H18N2O/c1-18-14-4-2-3-13(11-14)15(16)6-5-12-7-9-17-10-8-12/h2-4,7-11,15H,5-6,16H2,1H3. The van der Waals surface area contributed by atoms with Gasteiger partial charge in [-0.3, -0.25) is 4.98 Å². The minimum absolute atomic E-state index is 0.0354. The van der Waals surface area contributed by atoms with Crippen molar-refractivity contribution in [1.29, 1.82) is 0 Å². The Morgan fingerprint density at radius 2 is 2.00 bits per heavy atom. The number of benzene rings is 1. The number of aryl methyl sites for hydroxylation is 1. The first kappa shape index (κ1) is 12.6. The number of ether oxygens (including phenoxy) is 1. The van der Waals surface area contributed by atoms with E-state index in [1.807, 2.05) is 48.8 Å². The van der Waals surface area contributed by atoms with Gasteiger partial charge in [0.05, 0.1) is 7.11 Å². The van der Waals surface area contributed by atoms with Gasteiger partial charge in [-0.25, -0.2) is 0 Å². The van der Waals surface area contributed by atoms with E-state index in [1.54, 1.807) is 7.11 Å². The highest BCUT2D eigenvalue weighted by Gasteiger charge is 2.07. The van der Waals surface area contributed by atoms with E-state index in [-0.39, 0.29) is 6.04 Å². The molecule has 2 aromatic rings. The van der Waals surface area contributed by atoms with Crippen LogP contribution in [-0.4, -0.2) is 12.1 Å². The number of pyridine rings is 1. The van der Waals surface area contributed by atoms with E-state index in [2.05, 4.69) is 4.98 Å². The van der Waals surface area contributed by atoms with Gasteiger partial charge in [0.15, 0.2) is 0 Å². The van der Waals surface area contributed by atoms with Crippen molar-refractivity contribution in [1.82, 2.24) is 4.98 Å². The van der Waals surface area contributed by atoms with Crippen LogP contribution in [0, 0.1) is 0 Å². The smallest absolute Gasteiger partial charge is 0.119 e. The van der Waals surface area contributed by atoms with Crippen molar-refractivity contribution >= 4 is 0 Å². The highest BCUT2D eigenvalue weighted by atomic mass is 16.5. The molecule has 0 saturated heterocycles. The van der Waals surface area contributed by atoms with Gasteiger partial charge in [-0.2, -0.15) is 0 Å². The summed E-state index contributed by atoms with van der Waals surface area (Å²) in [6.45, 7) is 0. The molecule has 3 heteroatoms. The summed E-state index contributed by atoms with van der Waals surface area (Å²) in [5.41, 5.74) is 8.58. The number of nitrogens with zero attached hydrogens (tertiary/aromatic N) is 1. The topological polar surface area (TPSA) is 48.1 Å². The highest BCUT2D eigenvalue weighted by molar-refractivity contribution is 5.30. The van der Waals surface area contributed by atoms with Crippen molar-refractivity contribution in [2.75, 3.05) is 7.11 Å². The van der Waals surface area contributed by atoms with Crippen molar-refractivity contribution in [2.24, 2.45) is 5.73 Å². The quantitative estimate of drug-likeness (QED) is 0.877. The van der Waals surface area contributed by atoms with Gasteiger partial charge in [-0.05, 0) is 48.2 Å². The Kier molecular flexibility index (Phi) is 4.31. The number of nitrogens with two attached hydrogens (primary N) is 1. The minimum atomic E-state index is 0.0354. The molecule has 0 saturated carbocycles. The van der Waals surface area contributed by atoms with Crippen LogP contribution in [0.5, 0.6) is 5.75 Å². The summed E-state index contributed by atoms with van der Waals surface area (Å²) in [4.78, 5) is 4.01. The van der Waals surface area contributed by atoms with Crippen molar-refractivity contribution in [3.05, 3.63) is 59.9 Å². The van der Waals surface area contributed by atoms with Crippen molar-refractivity contribution < 1.29 is 4.74 Å². The first-order chi connectivity index (χ1) is 8.79. The van der Waals surface area contributed by atoms with E-state index in [4.69, 9.17) is 10.5 Å². The molecule has 2 rings (SSSR count). The maximum absolute atomic E-state index is 6.20. The molecular weight excluding hydrogens is 224 g/mol. The van der Waals surface area contributed by atoms with Crippen LogP contribution in [0.25, 0.3) is 0 Å². The fourth-order valence-electron chi connectivity index (χ4n) is 1.91. The van der Waals surface area contributed by atoms with Crippen LogP contribution in [-0.2, 0) is 6.42 Å². The van der Waals surface area contributed by atoms with E-state index < -0.39 is 0 Å². The van der Waals surface area contributed by atoms with Gasteiger partial charge < -0.3 is 10.5 Å².